The Balaban J connectivity index is 1.21. The number of rotatable bonds is 14. The Kier molecular flexibility index (Phi) is 11.9. The van der Waals surface area contributed by atoms with Crippen LogP contribution in [0.1, 0.15) is 159 Å². The van der Waals surface area contributed by atoms with E-state index in [0.717, 1.165) is 49.4 Å². The monoisotopic (exact) mass is 527 g/mol. The Labute approximate surface area is 239 Å². The van der Waals surface area contributed by atoms with Crippen LogP contribution in [0.25, 0.3) is 11.4 Å². The summed E-state index contributed by atoms with van der Waals surface area (Å²) in [6.07, 6.45) is 28.6. The molecule has 2 aromatic rings. The predicted molar refractivity (Wildman–Crippen MR) is 164 cm³/mol. The van der Waals surface area contributed by atoms with Crippen molar-refractivity contribution in [3.63, 3.8) is 0 Å². The molecule has 0 amide bonds. The molecule has 0 atom stereocenters. The predicted octanol–water partition coefficient (Wildman–Crippen LogP) is 10.9. The summed E-state index contributed by atoms with van der Waals surface area (Å²) >= 11 is 0. The first kappa shape index (κ1) is 29.8. The SMILES string of the molecule is CCCCCCCCCC1CCC(c2cnc(-c3ccc(C4CCC(C#N)(CCCC)CC4)cc3)nc2)CC1. The van der Waals surface area contributed by atoms with Gasteiger partial charge in [-0.2, -0.15) is 5.26 Å². The molecule has 2 saturated carbocycles. The largest absolute Gasteiger partial charge is 0.236 e. The fraction of sp³-hybridized carbons (Fsp3) is 0.694. The van der Waals surface area contributed by atoms with E-state index in [0.29, 0.717) is 11.8 Å². The quantitative estimate of drug-likeness (QED) is 0.229. The van der Waals surface area contributed by atoms with Crippen molar-refractivity contribution in [2.24, 2.45) is 11.3 Å². The molecule has 0 N–H and O–H groups in total. The van der Waals surface area contributed by atoms with Gasteiger partial charge >= 0.3 is 0 Å². The van der Waals surface area contributed by atoms with Crippen molar-refractivity contribution < 1.29 is 0 Å². The first-order valence-corrected chi connectivity index (χ1v) is 16.5. The minimum Gasteiger partial charge on any atom is -0.236 e. The normalized spacial score (nSPS) is 25.3. The van der Waals surface area contributed by atoms with Crippen molar-refractivity contribution >= 4 is 0 Å². The van der Waals surface area contributed by atoms with Gasteiger partial charge in [-0.1, -0.05) is 102 Å². The highest BCUT2D eigenvalue weighted by Crippen LogP contribution is 2.45. The topological polar surface area (TPSA) is 49.6 Å². The van der Waals surface area contributed by atoms with Gasteiger partial charge in [0.2, 0.25) is 0 Å². The second kappa shape index (κ2) is 15.5. The first-order chi connectivity index (χ1) is 19.2. The van der Waals surface area contributed by atoms with Crippen molar-refractivity contribution in [1.29, 1.82) is 5.26 Å². The number of nitrogens with zero attached hydrogens (tertiary/aromatic N) is 3. The van der Waals surface area contributed by atoms with Crippen LogP contribution < -0.4 is 0 Å². The highest BCUT2D eigenvalue weighted by Gasteiger charge is 2.35. The van der Waals surface area contributed by atoms with E-state index in [1.165, 1.54) is 101 Å². The summed E-state index contributed by atoms with van der Waals surface area (Å²) in [5.41, 5.74) is 3.77. The summed E-state index contributed by atoms with van der Waals surface area (Å²) in [7, 11) is 0. The molecule has 0 spiro atoms. The molecule has 3 heteroatoms. The number of aromatic nitrogens is 2. The third kappa shape index (κ3) is 8.64. The van der Waals surface area contributed by atoms with Gasteiger partial charge in [0.25, 0.3) is 0 Å². The lowest BCUT2D eigenvalue weighted by Crippen LogP contribution is -2.25. The molecule has 0 aliphatic heterocycles. The third-order valence-corrected chi connectivity index (χ3v) is 10.0. The number of benzene rings is 1. The standard InChI is InChI=1S/C36H53N3/c1-3-5-7-8-9-10-11-12-29-13-15-31(16-14-29)34-26-38-35(39-27-34)33-19-17-30(18-20-33)32-21-24-36(28-37,25-22-32)23-6-4-2/h17-20,26-27,29,31-32H,3-16,21-25H2,1-2H3. The molecule has 2 aliphatic carbocycles. The molecule has 2 fully saturated rings. The van der Waals surface area contributed by atoms with Crippen LogP contribution in [0.2, 0.25) is 0 Å². The molecule has 2 aliphatic rings. The molecule has 4 rings (SSSR count). The minimum absolute atomic E-state index is 0.0746. The van der Waals surface area contributed by atoms with Crippen LogP contribution in [0.4, 0.5) is 0 Å². The zero-order valence-electron chi connectivity index (χ0n) is 25.0. The van der Waals surface area contributed by atoms with Crippen LogP contribution in [-0.2, 0) is 0 Å². The summed E-state index contributed by atoms with van der Waals surface area (Å²) in [4.78, 5) is 9.58. The summed E-state index contributed by atoms with van der Waals surface area (Å²) in [5.74, 6) is 2.99. The lowest BCUT2D eigenvalue weighted by Gasteiger charge is -2.35. The van der Waals surface area contributed by atoms with E-state index in [-0.39, 0.29) is 5.41 Å². The molecule has 212 valence electrons. The van der Waals surface area contributed by atoms with Gasteiger partial charge in [-0.05, 0) is 86.7 Å². The number of nitriles is 1. The molecule has 0 bridgehead atoms. The van der Waals surface area contributed by atoms with E-state index in [9.17, 15) is 5.26 Å². The Morgan fingerprint density at radius 3 is 1.92 bits per heavy atom. The van der Waals surface area contributed by atoms with Crippen LogP contribution in [0.15, 0.2) is 36.7 Å². The number of hydrogen-bond donors (Lipinski definition) is 0. The van der Waals surface area contributed by atoms with Crippen molar-refractivity contribution in [2.75, 3.05) is 0 Å². The molecule has 0 unspecified atom stereocenters. The fourth-order valence-corrected chi connectivity index (χ4v) is 7.21. The zero-order valence-corrected chi connectivity index (χ0v) is 25.0. The van der Waals surface area contributed by atoms with E-state index in [4.69, 9.17) is 9.97 Å². The number of unbranched alkanes of at least 4 members (excludes halogenated alkanes) is 7. The van der Waals surface area contributed by atoms with Crippen molar-refractivity contribution in [3.8, 4) is 17.5 Å². The van der Waals surface area contributed by atoms with Crippen molar-refractivity contribution in [3.05, 3.63) is 47.8 Å². The van der Waals surface area contributed by atoms with Crippen LogP contribution in [0, 0.1) is 22.7 Å². The maximum absolute atomic E-state index is 9.81. The molecule has 0 saturated heterocycles. The van der Waals surface area contributed by atoms with Gasteiger partial charge in [-0.3, -0.25) is 0 Å². The van der Waals surface area contributed by atoms with Crippen LogP contribution in [-0.4, -0.2) is 9.97 Å². The van der Waals surface area contributed by atoms with Crippen LogP contribution in [0.5, 0.6) is 0 Å². The van der Waals surface area contributed by atoms with Gasteiger partial charge in [-0.25, -0.2) is 9.97 Å². The summed E-state index contributed by atoms with van der Waals surface area (Å²) in [5, 5.41) is 9.81. The highest BCUT2D eigenvalue weighted by atomic mass is 14.9. The molecule has 1 aromatic heterocycles. The zero-order chi connectivity index (χ0) is 27.3. The maximum Gasteiger partial charge on any atom is 0.159 e. The summed E-state index contributed by atoms with van der Waals surface area (Å²) in [6.45, 7) is 4.52. The Morgan fingerprint density at radius 2 is 1.31 bits per heavy atom. The van der Waals surface area contributed by atoms with E-state index >= 15 is 0 Å². The summed E-state index contributed by atoms with van der Waals surface area (Å²) < 4.78 is 0. The lowest BCUT2D eigenvalue weighted by molar-refractivity contribution is 0.224. The average molecular weight is 528 g/mol. The second-order valence-electron chi connectivity index (χ2n) is 12.9. The van der Waals surface area contributed by atoms with Gasteiger partial charge in [0.15, 0.2) is 5.82 Å². The van der Waals surface area contributed by atoms with Gasteiger partial charge in [-0.15, -0.1) is 0 Å². The molecule has 1 aromatic carbocycles. The molecule has 39 heavy (non-hydrogen) atoms. The van der Waals surface area contributed by atoms with Crippen molar-refractivity contribution in [2.45, 2.75) is 148 Å². The van der Waals surface area contributed by atoms with Crippen LogP contribution >= 0.6 is 0 Å². The maximum atomic E-state index is 9.81. The molecular weight excluding hydrogens is 474 g/mol. The van der Waals surface area contributed by atoms with Gasteiger partial charge in [0.1, 0.15) is 0 Å². The van der Waals surface area contributed by atoms with E-state index in [1.807, 2.05) is 0 Å². The Bertz CT molecular complexity index is 987. The fourth-order valence-electron chi connectivity index (χ4n) is 7.21. The number of hydrogen-bond acceptors (Lipinski definition) is 3. The van der Waals surface area contributed by atoms with E-state index in [1.54, 1.807) is 0 Å². The molecule has 1 heterocycles. The summed E-state index contributed by atoms with van der Waals surface area (Å²) in [6, 6.07) is 11.6. The minimum atomic E-state index is -0.0746. The average Bonchev–Trinajstić information content (AvgIpc) is 3.00. The first-order valence-electron chi connectivity index (χ1n) is 16.5. The smallest absolute Gasteiger partial charge is 0.159 e. The lowest BCUT2D eigenvalue weighted by atomic mass is 9.67. The second-order valence-corrected chi connectivity index (χ2v) is 12.9. The third-order valence-electron chi connectivity index (χ3n) is 10.0. The van der Waals surface area contributed by atoms with Gasteiger partial charge in [0.05, 0.1) is 11.5 Å². The molecule has 3 nitrogen and oxygen atoms in total. The molecule has 0 radical (unpaired) electrons. The van der Waals surface area contributed by atoms with E-state index < -0.39 is 0 Å². The highest BCUT2D eigenvalue weighted by molar-refractivity contribution is 5.55. The van der Waals surface area contributed by atoms with Crippen molar-refractivity contribution in [1.82, 2.24) is 9.97 Å². The van der Waals surface area contributed by atoms with Gasteiger partial charge in [0, 0.05) is 18.0 Å². The Morgan fingerprint density at radius 1 is 0.718 bits per heavy atom. The van der Waals surface area contributed by atoms with Gasteiger partial charge < -0.3 is 0 Å². The van der Waals surface area contributed by atoms with Crippen LogP contribution in [0.3, 0.4) is 0 Å². The Hall–Kier alpha value is -2.21. The van der Waals surface area contributed by atoms with E-state index in [2.05, 4.69) is 56.6 Å². The molecular formula is C36H53N3.